The van der Waals surface area contributed by atoms with Crippen molar-refractivity contribution in [1.82, 2.24) is 5.32 Å². The van der Waals surface area contributed by atoms with E-state index in [1.807, 2.05) is 45.0 Å². The van der Waals surface area contributed by atoms with Gasteiger partial charge in [0.15, 0.2) is 0 Å². The van der Waals surface area contributed by atoms with E-state index in [0.717, 1.165) is 11.4 Å². The van der Waals surface area contributed by atoms with E-state index in [1.54, 1.807) is 7.11 Å². The number of hydrogen-bond acceptors (Lipinski definition) is 3. The van der Waals surface area contributed by atoms with Crippen molar-refractivity contribution in [2.24, 2.45) is 0 Å². The Morgan fingerprint density at radius 2 is 1.88 bits per heavy atom. The predicted octanol–water partition coefficient (Wildman–Crippen LogP) is 2.02. The van der Waals surface area contributed by atoms with Crippen LogP contribution in [-0.2, 0) is 4.79 Å². The first-order valence-electron chi connectivity index (χ1n) is 5.74. The van der Waals surface area contributed by atoms with Gasteiger partial charge < -0.3 is 15.4 Å². The highest BCUT2D eigenvalue weighted by Gasteiger charge is 2.14. The second kappa shape index (κ2) is 6.13. The van der Waals surface area contributed by atoms with Crippen LogP contribution in [0.15, 0.2) is 24.3 Å². The van der Waals surface area contributed by atoms with Gasteiger partial charge in [0.05, 0.1) is 12.8 Å². The molecule has 0 aliphatic rings. The summed E-state index contributed by atoms with van der Waals surface area (Å²) in [6, 6.07) is 7.38. The fraction of sp³-hybridized carbons (Fsp3) is 0.462. The zero-order valence-electron chi connectivity index (χ0n) is 10.8. The minimum absolute atomic E-state index is 0.0223. The molecule has 1 amide bonds. The summed E-state index contributed by atoms with van der Waals surface area (Å²) in [5.41, 5.74) is 0.821. The highest BCUT2D eigenvalue weighted by atomic mass is 16.5. The number of amides is 1. The Labute approximate surface area is 102 Å². The summed E-state index contributed by atoms with van der Waals surface area (Å²) in [6.07, 6.45) is 0. The van der Waals surface area contributed by atoms with Crippen LogP contribution < -0.4 is 15.4 Å². The summed E-state index contributed by atoms with van der Waals surface area (Å²) in [4.78, 5) is 11.7. The second-order valence-electron chi connectivity index (χ2n) is 4.23. The second-order valence-corrected chi connectivity index (χ2v) is 4.23. The zero-order chi connectivity index (χ0) is 12.8. The molecular formula is C13H20N2O2. The summed E-state index contributed by atoms with van der Waals surface area (Å²) in [5.74, 6) is 0.711. The number of methoxy groups -OCH3 is 1. The molecule has 17 heavy (non-hydrogen) atoms. The Hall–Kier alpha value is -1.71. The van der Waals surface area contributed by atoms with Crippen LogP contribution in [0.3, 0.4) is 0 Å². The molecule has 94 valence electrons. The van der Waals surface area contributed by atoms with Gasteiger partial charge in [-0.25, -0.2) is 0 Å². The molecule has 0 radical (unpaired) electrons. The topological polar surface area (TPSA) is 50.4 Å². The molecule has 1 aromatic rings. The minimum Gasteiger partial charge on any atom is -0.495 e. The largest absolute Gasteiger partial charge is 0.495 e. The molecule has 0 spiro atoms. The third-order valence-corrected chi connectivity index (χ3v) is 2.30. The van der Waals surface area contributed by atoms with Gasteiger partial charge in [-0.2, -0.15) is 0 Å². The lowest BCUT2D eigenvalue weighted by molar-refractivity contribution is -0.122. The Bertz CT molecular complexity index is 377. The van der Waals surface area contributed by atoms with Crippen molar-refractivity contribution in [3.05, 3.63) is 24.3 Å². The first kappa shape index (κ1) is 13.4. The summed E-state index contributed by atoms with van der Waals surface area (Å²) in [7, 11) is 1.61. The molecular weight excluding hydrogens is 216 g/mol. The van der Waals surface area contributed by atoms with Crippen LogP contribution in [0.25, 0.3) is 0 Å². The Balaban J connectivity index is 2.67. The van der Waals surface area contributed by atoms with E-state index in [9.17, 15) is 4.79 Å². The maximum atomic E-state index is 11.7. The van der Waals surface area contributed by atoms with Crippen molar-refractivity contribution in [3.63, 3.8) is 0 Å². The predicted molar refractivity (Wildman–Crippen MR) is 69.4 cm³/mol. The lowest BCUT2D eigenvalue weighted by atomic mass is 10.2. The van der Waals surface area contributed by atoms with E-state index in [2.05, 4.69) is 10.6 Å². The lowest BCUT2D eigenvalue weighted by Crippen LogP contribution is -2.41. The summed E-state index contributed by atoms with van der Waals surface area (Å²) in [5, 5.41) is 5.99. The van der Waals surface area contributed by atoms with Crippen molar-refractivity contribution < 1.29 is 9.53 Å². The van der Waals surface area contributed by atoms with Gasteiger partial charge in [-0.05, 0) is 32.9 Å². The van der Waals surface area contributed by atoms with Crippen LogP contribution in [-0.4, -0.2) is 25.1 Å². The van der Waals surface area contributed by atoms with Crippen molar-refractivity contribution in [3.8, 4) is 5.75 Å². The molecule has 0 fully saturated rings. The number of hydrogen-bond donors (Lipinski definition) is 2. The number of ether oxygens (including phenoxy) is 1. The number of nitrogens with one attached hydrogen (secondary N) is 2. The number of rotatable bonds is 5. The average molecular weight is 236 g/mol. The minimum atomic E-state index is -0.298. The molecule has 0 aliphatic carbocycles. The van der Waals surface area contributed by atoms with Crippen LogP contribution in [0.5, 0.6) is 5.75 Å². The summed E-state index contributed by atoms with van der Waals surface area (Å²) in [6.45, 7) is 5.70. The van der Waals surface area contributed by atoms with Crippen molar-refractivity contribution in [2.75, 3.05) is 12.4 Å². The standard InChI is InChI=1S/C13H20N2O2/c1-9(2)14-13(16)10(3)15-11-7-5-6-8-12(11)17-4/h5-10,15H,1-4H3,(H,14,16). The Morgan fingerprint density at radius 3 is 2.47 bits per heavy atom. The number of benzene rings is 1. The average Bonchev–Trinajstić information content (AvgIpc) is 2.28. The van der Waals surface area contributed by atoms with E-state index < -0.39 is 0 Å². The van der Waals surface area contributed by atoms with Gasteiger partial charge in [0.2, 0.25) is 5.91 Å². The van der Waals surface area contributed by atoms with Gasteiger partial charge in [0, 0.05) is 6.04 Å². The van der Waals surface area contributed by atoms with Gasteiger partial charge in [-0.15, -0.1) is 0 Å². The molecule has 1 unspecified atom stereocenters. The van der Waals surface area contributed by atoms with Gasteiger partial charge in [-0.1, -0.05) is 12.1 Å². The molecule has 4 nitrogen and oxygen atoms in total. The van der Waals surface area contributed by atoms with Crippen LogP contribution in [0.2, 0.25) is 0 Å². The molecule has 0 aliphatic heterocycles. The molecule has 0 aromatic heterocycles. The SMILES string of the molecule is COc1ccccc1NC(C)C(=O)NC(C)C. The Morgan fingerprint density at radius 1 is 1.24 bits per heavy atom. The highest BCUT2D eigenvalue weighted by Crippen LogP contribution is 2.23. The van der Waals surface area contributed by atoms with Gasteiger partial charge in [-0.3, -0.25) is 4.79 Å². The molecule has 2 N–H and O–H groups in total. The number of anilines is 1. The van der Waals surface area contributed by atoms with Gasteiger partial charge >= 0.3 is 0 Å². The molecule has 0 heterocycles. The van der Waals surface area contributed by atoms with Crippen molar-refractivity contribution >= 4 is 11.6 Å². The van der Waals surface area contributed by atoms with E-state index >= 15 is 0 Å². The lowest BCUT2D eigenvalue weighted by Gasteiger charge is -2.18. The smallest absolute Gasteiger partial charge is 0.242 e. The molecule has 1 rings (SSSR count). The molecule has 0 saturated heterocycles. The molecule has 4 heteroatoms. The van der Waals surface area contributed by atoms with Gasteiger partial charge in [0.25, 0.3) is 0 Å². The number of para-hydroxylation sites is 2. The molecule has 0 bridgehead atoms. The zero-order valence-corrected chi connectivity index (χ0v) is 10.8. The molecule has 1 atom stereocenters. The van der Waals surface area contributed by atoms with E-state index in [-0.39, 0.29) is 18.0 Å². The monoisotopic (exact) mass is 236 g/mol. The van der Waals surface area contributed by atoms with E-state index in [1.165, 1.54) is 0 Å². The first-order valence-corrected chi connectivity index (χ1v) is 5.74. The van der Waals surface area contributed by atoms with Crippen molar-refractivity contribution in [1.29, 1.82) is 0 Å². The van der Waals surface area contributed by atoms with Crippen LogP contribution >= 0.6 is 0 Å². The van der Waals surface area contributed by atoms with Crippen molar-refractivity contribution in [2.45, 2.75) is 32.9 Å². The maximum Gasteiger partial charge on any atom is 0.242 e. The normalized spacial score (nSPS) is 12.1. The molecule has 0 saturated carbocycles. The molecule has 1 aromatic carbocycles. The quantitative estimate of drug-likeness (QED) is 0.822. The van der Waals surface area contributed by atoms with Crippen LogP contribution in [0.1, 0.15) is 20.8 Å². The van der Waals surface area contributed by atoms with E-state index in [0.29, 0.717) is 0 Å². The number of carbonyl (C=O) groups excluding carboxylic acids is 1. The van der Waals surface area contributed by atoms with Crippen LogP contribution in [0.4, 0.5) is 5.69 Å². The maximum absolute atomic E-state index is 11.7. The van der Waals surface area contributed by atoms with Gasteiger partial charge in [0.1, 0.15) is 11.8 Å². The fourth-order valence-corrected chi connectivity index (χ4v) is 1.47. The first-order chi connectivity index (χ1) is 8.04. The fourth-order valence-electron chi connectivity index (χ4n) is 1.47. The third kappa shape index (κ3) is 3.98. The number of carbonyl (C=O) groups is 1. The summed E-state index contributed by atoms with van der Waals surface area (Å²) < 4.78 is 5.21. The highest BCUT2D eigenvalue weighted by molar-refractivity contribution is 5.84. The summed E-state index contributed by atoms with van der Waals surface area (Å²) >= 11 is 0. The third-order valence-electron chi connectivity index (χ3n) is 2.30. The van der Waals surface area contributed by atoms with Crippen LogP contribution in [0, 0.1) is 0 Å². The Kier molecular flexibility index (Phi) is 4.82. The van der Waals surface area contributed by atoms with E-state index in [4.69, 9.17) is 4.74 Å².